The molecular formula is C10H18F2O5. The topological polar surface area (TPSA) is 90.2 Å². The van der Waals surface area contributed by atoms with Crippen molar-refractivity contribution >= 4 is 0 Å². The van der Waals surface area contributed by atoms with E-state index in [0.29, 0.717) is 0 Å². The monoisotopic (exact) mass is 256 g/mol. The van der Waals surface area contributed by atoms with Crippen LogP contribution in [0.2, 0.25) is 0 Å². The number of hydrogen-bond acceptors (Lipinski definition) is 5. The van der Waals surface area contributed by atoms with E-state index in [9.17, 15) is 24.1 Å². The molecule has 0 radical (unpaired) electrons. The number of ether oxygens (including phenoxy) is 1. The van der Waals surface area contributed by atoms with Gasteiger partial charge in [0, 0.05) is 5.92 Å². The normalized spacial score (nSPS) is 39.7. The Morgan fingerprint density at radius 1 is 1.12 bits per heavy atom. The summed E-state index contributed by atoms with van der Waals surface area (Å²) < 4.78 is 32.3. The first-order chi connectivity index (χ1) is 7.73. The number of rotatable bonds is 3. The molecule has 1 aliphatic heterocycles. The van der Waals surface area contributed by atoms with E-state index in [2.05, 4.69) is 0 Å². The molecule has 1 fully saturated rings. The highest BCUT2D eigenvalue weighted by Gasteiger charge is 2.55. The molecule has 17 heavy (non-hydrogen) atoms. The van der Waals surface area contributed by atoms with Gasteiger partial charge in [0.2, 0.25) is 0 Å². The fourth-order valence-corrected chi connectivity index (χ4v) is 1.75. The van der Waals surface area contributed by atoms with E-state index in [1.165, 1.54) is 13.8 Å². The summed E-state index contributed by atoms with van der Waals surface area (Å²) in [6.07, 6.45) is -8.53. The quantitative estimate of drug-likeness (QED) is 0.526. The first kappa shape index (κ1) is 14.7. The smallest absolute Gasteiger partial charge is 0.278 e. The molecule has 4 N–H and O–H groups in total. The second-order valence-electron chi connectivity index (χ2n) is 4.58. The van der Waals surface area contributed by atoms with Gasteiger partial charge in [-0.15, -0.1) is 0 Å². The first-order valence-corrected chi connectivity index (χ1v) is 5.41. The summed E-state index contributed by atoms with van der Waals surface area (Å²) in [5, 5.41) is 37.2. The van der Waals surface area contributed by atoms with Crippen molar-refractivity contribution in [2.45, 2.75) is 50.3 Å². The Hall–Kier alpha value is -0.340. The molecule has 0 aromatic heterocycles. The third-order valence-electron chi connectivity index (χ3n) is 3.04. The lowest BCUT2D eigenvalue weighted by atomic mass is 9.88. The van der Waals surface area contributed by atoms with E-state index in [0.717, 1.165) is 0 Å². The summed E-state index contributed by atoms with van der Waals surface area (Å²) >= 11 is 0. The molecule has 0 amide bonds. The van der Waals surface area contributed by atoms with Crippen molar-refractivity contribution in [3.8, 4) is 0 Å². The van der Waals surface area contributed by atoms with E-state index in [1.54, 1.807) is 0 Å². The molecule has 1 heterocycles. The van der Waals surface area contributed by atoms with Crippen molar-refractivity contribution in [1.29, 1.82) is 0 Å². The summed E-state index contributed by atoms with van der Waals surface area (Å²) in [6.45, 7) is 1.79. The predicted molar refractivity (Wildman–Crippen MR) is 53.6 cm³/mol. The zero-order valence-electron chi connectivity index (χ0n) is 9.62. The maximum Gasteiger partial charge on any atom is 0.278 e. The summed E-state index contributed by atoms with van der Waals surface area (Å²) in [5.74, 6) is -4.47. The van der Waals surface area contributed by atoms with Crippen LogP contribution < -0.4 is 0 Å². The zero-order valence-corrected chi connectivity index (χ0v) is 9.62. The summed E-state index contributed by atoms with van der Waals surface area (Å²) in [6, 6.07) is 0. The van der Waals surface area contributed by atoms with E-state index in [1.807, 2.05) is 0 Å². The molecular weight excluding hydrogens is 238 g/mol. The SMILES string of the molecule is CC(C)C(F)(F)[C@@H]1O[C@H](CO)[C@H](O)[C@H](O)[C@H]1O. The highest BCUT2D eigenvalue weighted by molar-refractivity contribution is 4.98. The van der Waals surface area contributed by atoms with Gasteiger partial charge in [-0.25, -0.2) is 8.78 Å². The van der Waals surface area contributed by atoms with Crippen LogP contribution in [0, 0.1) is 5.92 Å². The predicted octanol–water partition coefficient (Wildman–Crippen LogP) is -0.880. The van der Waals surface area contributed by atoms with Gasteiger partial charge in [-0.05, 0) is 0 Å². The molecule has 1 saturated heterocycles. The minimum Gasteiger partial charge on any atom is -0.394 e. The fourth-order valence-electron chi connectivity index (χ4n) is 1.75. The molecule has 7 heteroatoms. The second-order valence-corrected chi connectivity index (χ2v) is 4.58. The summed E-state index contributed by atoms with van der Waals surface area (Å²) in [5.41, 5.74) is 0. The van der Waals surface area contributed by atoms with Gasteiger partial charge in [-0.3, -0.25) is 0 Å². The van der Waals surface area contributed by atoms with Crippen LogP contribution in [0.4, 0.5) is 8.78 Å². The van der Waals surface area contributed by atoms with Crippen LogP contribution in [0.3, 0.4) is 0 Å². The lowest BCUT2D eigenvalue weighted by Gasteiger charge is -2.43. The Bertz CT molecular complexity index is 259. The molecule has 0 aromatic rings. The van der Waals surface area contributed by atoms with Gasteiger partial charge in [-0.2, -0.15) is 0 Å². The molecule has 0 aromatic carbocycles. The van der Waals surface area contributed by atoms with Crippen molar-refractivity contribution in [3.05, 3.63) is 0 Å². The lowest BCUT2D eigenvalue weighted by Crippen LogP contribution is -2.64. The van der Waals surface area contributed by atoms with Gasteiger partial charge in [0.1, 0.15) is 24.4 Å². The van der Waals surface area contributed by atoms with Crippen molar-refractivity contribution in [2.75, 3.05) is 6.61 Å². The minimum absolute atomic E-state index is 0.713. The minimum atomic E-state index is -3.37. The Balaban J connectivity index is 2.93. The van der Waals surface area contributed by atoms with Crippen LogP contribution in [0.1, 0.15) is 13.8 Å². The van der Waals surface area contributed by atoms with Gasteiger partial charge >= 0.3 is 0 Å². The Morgan fingerprint density at radius 2 is 1.65 bits per heavy atom. The van der Waals surface area contributed by atoms with Crippen molar-refractivity contribution < 1.29 is 33.9 Å². The lowest BCUT2D eigenvalue weighted by molar-refractivity contribution is -0.288. The standard InChI is InChI=1S/C10H18F2O5/c1-4(2)10(11,12)9-8(16)7(15)6(14)5(3-13)17-9/h4-9,13-16H,3H2,1-2H3/t5-,6+,7+,8-,9-/m1/s1. The maximum absolute atomic E-state index is 13.7. The van der Waals surface area contributed by atoms with Gasteiger partial charge in [0.15, 0.2) is 6.10 Å². The van der Waals surface area contributed by atoms with Gasteiger partial charge in [0.25, 0.3) is 5.92 Å². The molecule has 5 atom stereocenters. The first-order valence-electron chi connectivity index (χ1n) is 5.41. The van der Waals surface area contributed by atoms with Crippen LogP contribution in [0.5, 0.6) is 0 Å². The average Bonchev–Trinajstić information content (AvgIpc) is 2.26. The number of halogens is 2. The number of alkyl halides is 2. The molecule has 0 unspecified atom stereocenters. The molecule has 0 saturated carbocycles. The maximum atomic E-state index is 13.7. The Kier molecular flexibility index (Phi) is 4.43. The molecule has 0 aliphatic carbocycles. The van der Waals surface area contributed by atoms with E-state index < -0.39 is 49.0 Å². The fraction of sp³-hybridized carbons (Fsp3) is 1.00. The van der Waals surface area contributed by atoms with Crippen molar-refractivity contribution in [2.24, 2.45) is 5.92 Å². The summed E-state index contributed by atoms with van der Waals surface area (Å²) in [4.78, 5) is 0. The molecule has 1 aliphatic rings. The molecule has 0 bridgehead atoms. The summed E-state index contributed by atoms with van der Waals surface area (Å²) in [7, 11) is 0. The van der Waals surface area contributed by atoms with Crippen LogP contribution in [0.15, 0.2) is 0 Å². The van der Waals surface area contributed by atoms with Crippen LogP contribution in [-0.4, -0.2) is 63.5 Å². The molecule has 102 valence electrons. The molecule has 5 nitrogen and oxygen atoms in total. The highest BCUT2D eigenvalue weighted by atomic mass is 19.3. The zero-order chi connectivity index (χ0) is 13.4. The number of aliphatic hydroxyl groups excluding tert-OH is 4. The van der Waals surface area contributed by atoms with Crippen LogP contribution >= 0.6 is 0 Å². The van der Waals surface area contributed by atoms with Gasteiger partial charge < -0.3 is 25.2 Å². The van der Waals surface area contributed by atoms with Gasteiger partial charge in [0.05, 0.1) is 6.61 Å². The Morgan fingerprint density at radius 3 is 2.06 bits per heavy atom. The second kappa shape index (κ2) is 5.11. The van der Waals surface area contributed by atoms with Crippen LogP contribution in [0.25, 0.3) is 0 Å². The average molecular weight is 256 g/mol. The largest absolute Gasteiger partial charge is 0.394 e. The Labute approximate surface area is 97.6 Å². The van der Waals surface area contributed by atoms with Crippen molar-refractivity contribution in [1.82, 2.24) is 0 Å². The van der Waals surface area contributed by atoms with Crippen molar-refractivity contribution in [3.63, 3.8) is 0 Å². The van der Waals surface area contributed by atoms with E-state index >= 15 is 0 Å². The van der Waals surface area contributed by atoms with Gasteiger partial charge in [-0.1, -0.05) is 13.8 Å². The number of aliphatic hydroxyl groups is 4. The van der Waals surface area contributed by atoms with E-state index in [4.69, 9.17) is 9.84 Å². The number of hydrogen-bond donors (Lipinski definition) is 4. The molecule has 1 rings (SSSR count). The highest BCUT2D eigenvalue weighted by Crippen LogP contribution is 2.36. The molecule has 0 spiro atoms. The third kappa shape index (κ3) is 2.58. The van der Waals surface area contributed by atoms with Crippen LogP contribution in [-0.2, 0) is 4.74 Å². The third-order valence-corrected chi connectivity index (χ3v) is 3.04. The van der Waals surface area contributed by atoms with E-state index in [-0.39, 0.29) is 0 Å².